The summed E-state index contributed by atoms with van der Waals surface area (Å²) in [5, 5.41) is 0.390. The lowest BCUT2D eigenvalue weighted by molar-refractivity contribution is -0.164. The minimum Gasteiger partial charge on any atom is -0.446 e. The van der Waals surface area contributed by atoms with E-state index in [2.05, 4.69) is 4.72 Å². The van der Waals surface area contributed by atoms with E-state index >= 15 is 0 Å². The lowest BCUT2D eigenvalue weighted by Crippen LogP contribution is -2.48. The van der Waals surface area contributed by atoms with Crippen molar-refractivity contribution in [2.45, 2.75) is 30.9 Å². The summed E-state index contributed by atoms with van der Waals surface area (Å²) >= 11 is 5.84. The second-order valence-electron chi connectivity index (χ2n) is 7.96. The van der Waals surface area contributed by atoms with Crippen molar-refractivity contribution in [1.29, 1.82) is 0 Å². The number of nitrogens with zero attached hydrogens (tertiary/aromatic N) is 1. The summed E-state index contributed by atoms with van der Waals surface area (Å²) in [6.07, 6.45) is -1.20. The van der Waals surface area contributed by atoms with E-state index in [1.54, 1.807) is 49.1 Å². The van der Waals surface area contributed by atoms with E-state index in [0.717, 1.165) is 0 Å². The summed E-state index contributed by atoms with van der Waals surface area (Å²) in [5.74, 6) is -1.64. The van der Waals surface area contributed by atoms with Gasteiger partial charge in [0.05, 0.1) is 18.1 Å². The van der Waals surface area contributed by atoms with Crippen LogP contribution in [0.3, 0.4) is 0 Å². The van der Waals surface area contributed by atoms with Gasteiger partial charge >= 0.3 is 5.97 Å². The Hall–Kier alpha value is -2.46. The average Bonchev–Trinajstić information content (AvgIpc) is 2.81. The molecule has 8 nitrogen and oxygen atoms in total. The Morgan fingerprint density at radius 1 is 1.03 bits per heavy atom. The highest BCUT2D eigenvalue weighted by Gasteiger charge is 2.35. The van der Waals surface area contributed by atoms with Crippen molar-refractivity contribution in [3.05, 3.63) is 65.2 Å². The lowest BCUT2D eigenvalue weighted by Gasteiger charge is -2.31. The van der Waals surface area contributed by atoms with Gasteiger partial charge in [0.15, 0.2) is 0 Å². The van der Waals surface area contributed by atoms with E-state index in [0.29, 0.717) is 36.9 Å². The third-order valence-corrected chi connectivity index (χ3v) is 6.92. The van der Waals surface area contributed by atoms with Crippen LogP contribution in [-0.4, -0.2) is 57.5 Å². The first-order valence-electron chi connectivity index (χ1n) is 10.6. The summed E-state index contributed by atoms with van der Waals surface area (Å²) < 4.78 is 39.1. The second-order valence-corrected chi connectivity index (χ2v) is 10.1. The zero-order valence-electron chi connectivity index (χ0n) is 18.4. The van der Waals surface area contributed by atoms with Crippen molar-refractivity contribution in [2.24, 2.45) is 5.92 Å². The van der Waals surface area contributed by atoms with Crippen molar-refractivity contribution < 1.29 is 27.5 Å². The molecule has 0 saturated carbocycles. The number of halogens is 1. The molecule has 1 amide bonds. The molecule has 3 rings (SSSR count). The van der Waals surface area contributed by atoms with Gasteiger partial charge < -0.3 is 14.4 Å². The molecule has 2 atom stereocenters. The first-order valence-corrected chi connectivity index (χ1v) is 12.4. The number of esters is 1. The Balaban J connectivity index is 1.83. The first kappa shape index (κ1) is 25.2. The zero-order chi connectivity index (χ0) is 24.0. The SMILES string of the molecule is CC(C)[C@H](NS(=O)(=O)c1ccc(Cl)cc1)C(=O)O[C@H](C(=O)N1CCOCC1)c1ccccc1. The molecule has 2 aromatic rings. The molecule has 0 spiro atoms. The zero-order valence-corrected chi connectivity index (χ0v) is 20.0. The minimum atomic E-state index is -4.03. The third-order valence-electron chi connectivity index (χ3n) is 5.21. The summed E-state index contributed by atoms with van der Waals surface area (Å²) in [6.45, 7) is 4.95. The van der Waals surface area contributed by atoms with Crippen LogP contribution in [0.15, 0.2) is 59.5 Å². The van der Waals surface area contributed by atoms with E-state index in [1.165, 1.54) is 24.3 Å². The molecule has 1 aliphatic heterocycles. The summed E-state index contributed by atoms with van der Waals surface area (Å²) in [6, 6.07) is 13.1. The van der Waals surface area contributed by atoms with Gasteiger partial charge in [0.1, 0.15) is 6.04 Å². The molecule has 0 unspecified atom stereocenters. The van der Waals surface area contributed by atoms with Gasteiger partial charge in [-0.1, -0.05) is 55.8 Å². The fourth-order valence-electron chi connectivity index (χ4n) is 3.33. The molecular formula is C23H27ClN2O6S. The Morgan fingerprint density at radius 2 is 1.64 bits per heavy atom. The third kappa shape index (κ3) is 6.54. The van der Waals surface area contributed by atoms with Gasteiger partial charge in [-0.25, -0.2) is 8.42 Å². The van der Waals surface area contributed by atoms with Gasteiger partial charge in [-0.05, 0) is 30.2 Å². The Kier molecular flexibility index (Phi) is 8.47. The lowest BCUT2D eigenvalue weighted by atomic mass is 10.0. The smallest absolute Gasteiger partial charge is 0.325 e. The van der Waals surface area contributed by atoms with Crippen LogP contribution in [0.25, 0.3) is 0 Å². The summed E-state index contributed by atoms with van der Waals surface area (Å²) in [5.41, 5.74) is 0.505. The fourth-order valence-corrected chi connectivity index (χ4v) is 4.79. The molecule has 0 radical (unpaired) electrons. The highest BCUT2D eigenvalue weighted by Crippen LogP contribution is 2.23. The van der Waals surface area contributed by atoms with Gasteiger partial charge in [0.2, 0.25) is 16.1 Å². The molecule has 10 heteroatoms. The minimum absolute atomic E-state index is 0.0330. The number of benzene rings is 2. The predicted octanol–water partition coefficient (Wildman–Crippen LogP) is 2.79. The standard InChI is InChI=1S/C23H27ClN2O6S/c1-16(2)20(25-33(29,30)19-10-8-18(24)9-11-19)23(28)32-21(17-6-4-3-5-7-17)22(27)26-12-14-31-15-13-26/h3-11,16,20-21,25H,12-15H2,1-2H3/t20-,21-/m0/s1. The van der Waals surface area contributed by atoms with Crippen molar-refractivity contribution >= 4 is 33.5 Å². The Labute approximate surface area is 198 Å². The number of hydrogen-bond acceptors (Lipinski definition) is 6. The number of nitrogens with one attached hydrogen (secondary N) is 1. The van der Waals surface area contributed by atoms with Gasteiger partial charge in [-0.3, -0.25) is 9.59 Å². The van der Waals surface area contributed by atoms with E-state index in [4.69, 9.17) is 21.1 Å². The quantitative estimate of drug-likeness (QED) is 0.566. The molecule has 0 aliphatic carbocycles. The number of morpholine rings is 1. The van der Waals surface area contributed by atoms with Crippen LogP contribution in [0.2, 0.25) is 5.02 Å². The van der Waals surface area contributed by atoms with Crippen LogP contribution in [0.1, 0.15) is 25.5 Å². The highest BCUT2D eigenvalue weighted by atomic mass is 35.5. The Morgan fingerprint density at radius 3 is 2.21 bits per heavy atom. The Bertz CT molecular complexity index is 1050. The predicted molar refractivity (Wildman–Crippen MR) is 123 cm³/mol. The van der Waals surface area contributed by atoms with E-state index < -0.39 is 34.1 Å². The second kappa shape index (κ2) is 11.1. The summed E-state index contributed by atoms with van der Waals surface area (Å²) in [7, 11) is -4.03. The molecule has 2 aromatic carbocycles. The van der Waals surface area contributed by atoms with Crippen molar-refractivity contribution in [3.63, 3.8) is 0 Å². The van der Waals surface area contributed by atoms with Gasteiger partial charge in [0, 0.05) is 23.7 Å². The van der Waals surface area contributed by atoms with Crippen LogP contribution in [0, 0.1) is 5.92 Å². The van der Waals surface area contributed by atoms with Crippen LogP contribution in [0.4, 0.5) is 0 Å². The number of hydrogen-bond donors (Lipinski definition) is 1. The van der Waals surface area contributed by atoms with Crippen molar-refractivity contribution in [1.82, 2.24) is 9.62 Å². The average molecular weight is 495 g/mol. The number of carbonyl (C=O) groups is 2. The maximum Gasteiger partial charge on any atom is 0.325 e. The molecule has 178 valence electrons. The molecule has 1 fully saturated rings. The molecule has 33 heavy (non-hydrogen) atoms. The van der Waals surface area contributed by atoms with Crippen LogP contribution in [-0.2, 0) is 29.1 Å². The van der Waals surface area contributed by atoms with Gasteiger partial charge in [-0.2, -0.15) is 4.72 Å². The maximum atomic E-state index is 13.2. The maximum absolute atomic E-state index is 13.2. The first-order chi connectivity index (χ1) is 15.7. The van der Waals surface area contributed by atoms with Crippen LogP contribution >= 0.6 is 11.6 Å². The molecule has 1 N–H and O–H groups in total. The van der Waals surface area contributed by atoms with Crippen LogP contribution < -0.4 is 4.72 Å². The van der Waals surface area contributed by atoms with Gasteiger partial charge in [-0.15, -0.1) is 0 Å². The molecule has 0 bridgehead atoms. The molecule has 1 aliphatic rings. The van der Waals surface area contributed by atoms with Crippen LogP contribution in [0.5, 0.6) is 0 Å². The van der Waals surface area contributed by atoms with E-state index in [-0.39, 0.29) is 10.8 Å². The number of carbonyl (C=O) groups excluding carboxylic acids is 2. The molecular weight excluding hydrogens is 468 g/mol. The molecule has 1 heterocycles. The number of amides is 1. The van der Waals surface area contributed by atoms with Crippen molar-refractivity contribution in [2.75, 3.05) is 26.3 Å². The van der Waals surface area contributed by atoms with Gasteiger partial charge in [0.25, 0.3) is 5.91 Å². The normalized spacial score (nSPS) is 16.3. The van der Waals surface area contributed by atoms with E-state index in [9.17, 15) is 18.0 Å². The monoisotopic (exact) mass is 494 g/mol. The summed E-state index contributed by atoms with van der Waals surface area (Å²) in [4.78, 5) is 27.9. The highest BCUT2D eigenvalue weighted by molar-refractivity contribution is 7.89. The fraction of sp³-hybridized carbons (Fsp3) is 0.391. The topological polar surface area (TPSA) is 102 Å². The number of rotatable bonds is 8. The number of sulfonamides is 1. The number of ether oxygens (including phenoxy) is 2. The molecule has 0 aromatic heterocycles. The molecule has 1 saturated heterocycles. The largest absolute Gasteiger partial charge is 0.446 e. The van der Waals surface area contributed by atoms with E-state index in [1.807, 2.05) is 0 Å². The van der Waals surface area contributed by atoms with Crippen molar-refractivity contribution in [3.8, 4) is 0 Å².